The highest BCUT2D eigenvalue weighted by Crippen LogP contribution is 2.29. The fourth-order valence-electron chi connectivity index (χ4n) is 2.19. The van der Waals surface area contributed by atoms with Gasteiger partial charge in [-0.05, 0) is 13.0 Å². The van der Waals surface area contributed by atoms with Gasteiger partial charge in [-0.3, -0.25) is 14.9 Å². The van der Waals surface area contributed by atoms with Crippen LogP contribution in [0.3, 0.4) is 0 Å². The number of nitro groups is 1. The maximum atomic E-state index is 12.5. The van der Waals surface area contributed by atoms with E-state index in [2.05, 4.69) is 0 Å². The van der Waals surface area contributed by atoms with E-state index in [0.717, 1.165) is 0 Å². The molecule has 1 amide bonds. The number of amides is 1. The Bertz CT molecular complexity index is 565. The number of rotatable bonds is 3. The van der Waals surface area contributed by atoms with Crippen molar-refractivity contribution in [2.24, 2.45) is 0 Å². The first-order chi connectivity index (χ1) is 9.95. The summed E-state index contributed by atoms with van der Waals surface area (Å²) in [5.74, 6) is -0.405. The lowest BCUT2D eigenvalue weighted by Crippen LogP contribution is -2.52. The van der Waals surface area contributed by atoms with Gasteiger partial charge in [-0.15, -0.1) is 0 Å². The Labute approximate surface area is 126 Å². The average Bonchev–Trinajstić information content (AvgIpc) is 2.47. The highest BCUT2D eigenvalue weighted by molar-refractivity contribution is 6.35. The Morgan fingerprint density at radius 1 is 1.62 bits per heavy atom. The zero-order valence-electron chi connectivity index (χ0n) is 11.4. The molecule has 1 aliphatic heterocycles. The van der Waals surface area contributed by atoms with Crippen molar-refractivity contribution < 1.29 is 19.6 Å². The van der Waals surface area contributed by atoms with Gasteiger partial charge < -0.3 is 14.7 Å². The number of carbonyl (C=O) groups excluding carboxylic acids is 1. The maximum Gasteiger partial charge on any atom is 0.288 e. The summed E-state index contributed by atoms with van der Waals surface area (Å²) in [6.07, 6.45) is -0.456. The molecule has 0 spiro atoms. The molecule has 2 unspecified atom stereocenters. The van der Waals surface area contributed by atoms with Crippen LogP contribution in [0.25, 0.3) is 0 Å². The molecule has 8 heteroatoms. The van der Waals surface area contributed by atoms with Crippen LogP contribution in [0, 0.1) is 10.1 Å². The number of benzene rings is 1. The number of carbonyl (C=O) groups is 1. The second kappa shape index (κ2) is 6.38. The Morgan fingerprint density at radius 2 is 2.33 bits per heavy atom. The summed E-state index contributed by atoms with van der Waals surface area (Å²) in [6.45, 7) is 2.12. The number of ether oxygens (including phenoxy) is 1. The van der Waals surface area contributed by atoms with Crippen molar-refractivity contribution >= 4 is 23.2 Å². The topological polar surface area (TPSA) is 92.9 Å². The number of morpholine rings is 1. The van der Waals surface area contributed by atoms with Crippen molar-refractivity contribution in [3.05, 3.63) is 38.9 Å². The largest absolute Gasteiger partial charge is 0.394 e. The summed E-state index contributed by atoms with van der Waals surface area (Å²) in [4.78, 5) is 24.3. The predicted molar refractivity (Wildman–Crippen MR) is 75.4 cm³/mol. The van der Waals surface area contributed by atoms with Gasteiger partial charge in [-0.1, -0.05) is 17.7 Å². The van der Waals surface area contributed by atoms with E-state index in [1.807, 2.05) is 0 Å². The molecule has 1 aromatic carbocycles. The number of aliphatic hydroxyl groups is 1. The number of aliphatic hydroxyl groups excluding tert-OH is 1. The van der Waals surface area contributed by atoms with Crippen molar-refractivity contribution in [1.82, 2.24) is 4.90 Å². The fraction of sp³-hybridized carbons (Fsp3) is 0.462. The lowest BCUT2D eigenvalue weighted by atomic mass is 10.1. The summed E-state index contributed by atoms with van der Waals surface area (Å²) in [5, 5.41) is 19.8. The fourth-order valence-corrected chi connectivity index (χ4v) is 2.47. The number of hydrogen-bond donors (Lipinski definition) is 1. The predicted octanol–water partition coefficient (Wildman–Crippen LogP) is 1.47. The molecule has 114 valence electrons. The summed E-state index contributed by atoms with van der Waals surface area (Å²) in [7, 11) is 0. The first-order valence-corrected chi connectivity index (χ1v) is 6.79. The van der Waals surface area contributed by atoms with E-state index in [9.17, 15) is 14.9 Å². The van der Waals surface area contributed by atoms with Gasteiger partial charge in [0.2, 0.25) is 0 Å². The van der Waals surface area contributed by atoms with Gasteiger partial charge in [-0.25, -0.2) is 0 Å². The monoisotopic (exact) mass is 314 g/mol. The van der Waals surface area contributed by atoms with Crippen LogP contribution in [-0.2, 0) is 4.74 Å². The first-order valence-electron chi connectivity index (χ1n) is 6.42. The molecule has 0 radical (unpaired) electrons. The third-order valence-corrected chi connectivity index (χ3v) is 3.77. The van der Waals surface area contributed by atoms with Crippen LogP contribution in [0.4, 0.5) is 5.69 Å². The number of nitro benzene ring substituents is 1. The van der Waals surface area contributed by atoms with Crippen LogP contribution in [0.5, 0.6) is 0 Å². The van der Waals surface area contributed by atoms with E-state index in [4.69, 9.17) is 21.4 Å². The molecule has 0 saturated carbocycles. The van der Waals surface area contributed by atoms with E-state index < -0.39 is 16.9 Å². The van der Waals surface area contributed by atoms with Crippen LogP contribution in [0.2, 0.25) is 5.02 Å². The highest BCUT2D eigenvalue weighted by atomic mass is 35.5. The molecule has 2 atom stereocenters. The van der Waals surface area contributed by atoms with Gasteiger partial charge in [0.25, 0.3) is 11.6 Å². The van der Waals surface area contributed by atoms with Gasteiger partial charge >= 0.3 is 0 Å². The zero-order valence-corrected chi connectivity index (χ0v) is 12.1. The second-order valence-electron chi connectivity index (χ2n) is 4.84. The Balaban J connectivity index is 2.31. The van der Waals surface area contributed by atoms with Crippen LogP contribution in [0.15, 0.2) is 18.2 Å². The minimum Gasteiger partial charge on any atom is -0.394 e. The van der Waals surface area contributed by atoms with E-state index in [-0.39, 0.29) is 35.5 Å². The molecule has 1 saturated heterocycles. The molecule has 1 fully saturated rings. The molecule has 0 aliphatic carbocycles. The van der Waals surface area contributed by atoms with E-state index in [1.54, 1.807) is 6.92 Å². The number of hydrogen-bond acceptors (Lipinski definition) is 5. The Morgan fingerprint density at radius 3 is 2.95 bits per heavy atom. The van der Waals surface area contributed by atoms with Gasteiger partial charge in [-0.2, -0.15) is 0 Å². The lowest BCUT2D eigenvalue weighted by molar-refractivity contribution is -0.384. The van der Waals surface area contributed by atoms with E-state index in [1.165, 1.54) is 23.1 Å². The number of nitrogens with zero attached hydrogens (tertiary/aromatic N) is 2. The molecule has 21 heavy (non-hydrogen) atoms. The molecule has 7 nitrogen and oxygen atoms in total. The molecular weight excluding hydrogens is 300 g/mol. The van der Waals surface area contributed by atoms with Crippen LogP contribution >= 0.6 is 11.6 Å². The molecule has 1 heterocycles. The third-order valence-electron chi connectivity index (χ3n) is 3.38. The van der Waals surface area contributed by atoms with Crippen LogP contribution in [-0.4, -0.2) is 52.7 Å². The highest BCUT2D eigenvalue weighted by Gasteiger charge is 2.32. The quantitative estimate of drug-likeness (QED) is 0.673. The molecule has 1 aliphatic rings. The van der Waals surface area contributed by atoms with Crippen molar-refractivity contribution in [2.75, 3.05) is 19.8 Å². The summed E-state index contributed by atoms with van der Waals surface area (Å²) >= 11 is 5.97. The van der Waals surface area contributed by atoms with Crippen molar-refractivity contribution in [1.29, 1.82) is 0 Å². The Hall–Kier alpha value is -1.70. The van der Waals surface area contributed by atoms with Crippen LogP contribution < -0.4 is 0 Å². The third kappa shape index (κ3) is 3.15. The zero-order chi connectivity index (χ0) is 15.6. The van der Waals surface area contributed by atoms with Gasteiger partial charge in [0.1, 0.15) is 5.02 Å². The summed E-state index contributed by atoms with van der Waals surface area (Å²) < 4.78 is 5.36. The summed E-state index contributed by atoms with van der Waals surface area (Å²) in [5.41, 5.74) is -0.224. The molecule has 2 rings (SSSR count). The SMILES string of the molecule is CC1COC(CO)CN1C(=O)c1cccc([N+](=O)[O-])c1Cl. The molecule has 0 bridgehead atoms. The lowest BCUT2D eigenvalue weighted by Gasteiger charge is -2.37. The van der Waals surface area contributed by atoms with Gasteiger partial charge in [0.15, 0.2) is 0 Å². The van der Waals surface area contributed by atoms with Crippen molar-refractivity contribution in [3.63, 3.8) is 0 Å². The Kier molecular flexibility index (Phi) is 4.76. The number of halogens is 1. The van der Waals surface area contributed by atoms with Crippen LogP contribution in [0.1, 0.15) is 17.3 Å². The molecule has 0 aromatic heterocycles. The van der Waals surface area contributed by atoms with E-state index in [0.29, 0.717) is 6.61 Å². The first kappa shape index (κ1) is 15.7. The van der Waals surface area contributed by atoms with Gasteiger partial charge in [0, 0.05) is 12.6 Å². The minimum absolute atomic E-state index is 0.0799. The summed E-state index contributed by atoms with van der Waals surface area (Å²) in [6, 6.07) is 3.92. The normalized spacial score (nSPS) is 22.1. The molecule has 1 N–H and O–H groups in total. The molecular formula is C13H15ClN2O5. The van der Waals surface area contributed by atoms with Crippen molar-refractivity contribution in [2.45, 2.75) is 19.1 Å². The minimum atomic E-state index is -0.627. The molecule has 1 aromatic rings. The van der Waals surface area contributed by atoms with E-state index >= 15 is 0 Å². The smallest absolute Gasteiger partial charge is 0.288 e. The van der Waals surface area contributed by atoms with Gasteiger partial charge in [0.05, 0.1) is 35.8 Å². The average molecular weight is 315 g/mol. The second-order valence-corrected chi connectivity index (χ2v) is 5.22. The standard InChI is InChI=1S/C13H15ClN2O5/c1-8-7-21-9(6-17)5-15(8)13(18)10-3-2-4-11(12(10)14)16(19)20/h2-4,8-9,17H,5-7H2,1H3. The van der Waals surface area contributed by atoms with Crippen molar-refractivity contribution in [3.8, 4) is 0 Å². The maximum absolute atomic E-state index is 12.5.